The average molecular weight is 302 g/mol. The second-order valence-electron chi connectivity index (χ2n) is 4.22. The standard InChI is InChI=1S/C16H12ClNO3/c17-15-10-14(18-20)8-6-13(15)7-9-16(19)21-11-12-4-2-1-3-5-12/h1-10H,11H2/b9-7+. The highest BCUT2D eigenvalue weighted by Gasteiger charge is 2.02. The van der Waals surface area contributed by atoms with Crippen LogP contribution in [0.4, 0.5) is 5.69 Å². The van der Waals surface area contributed by atoms with Crippen molar-refractivity contribution in [1.29, 1.82) is 0 Å². The Morgan fingerprint density at radius 3 is 2.62 bits per heavy atom. The molecule has 0 aliphatic heterocycles. The first-order valence-electron chi connectivity index (χ1n) is 6.21. The maximum atomic E-state index is 11.6. The van der Waals surface area contributed by atoms with Gasteiger partial charge in [-0.2, -0.15) is 0 Å². The van der Waals surface area contributed by atoms with E-state index in [1.165, 1.54) is 24.3 Å². The van der Waals surface area contributed by atoms with Crippen molar-refractivity contribution in [3.63, 3.8) is 0 Å². The normalized spacial score (nSPS) is 10.5. The first-order chi connectivity index (χ1) is 10.2. The lowest BCUT2D eigenvalue weighted by molar-refractivity contribution is -0.138. The van der Waals surface area contributed by atoms with Crippen LogP contribution in [0.2, 0.25) is 5.02 Å². The van der Waals surface area contributed by atoms with Crippen molar-refractivity contribution in [2.75, 3.05) is 0 Å². The van der Waals surface area contributed by atoms with E-state index in [-0.39, 0.29) is 12.3 Å². The molecule has 21 heavy (non-hydrogen) atoms. The van der Waals surface area contributed by atoms with Crippen LogP contribution in [0.5, 0.6) is 0 Å². The molecule has 0 aliphatic carbocycles. The highest BCUT2D eigenvalue weighted by molar-refractivity contribution is 6.32. The highest BCUT2D eigenvalue weighted by atomic mass is 35.5. The number of nitroso groups, excluding NO2 is 1. The maximum Gasteiger partial charge on any atom is 0.331 e. The van der Waals surface area contributed by atoms with Gasteiger partial charge in [-0.3, -0.25) is 0 Å². The summed E-state index contributed by atoms with van der Waals surface area (Å²) in [5.41, 5.74) is 1.77. The van der Waals surface area contributed by atoms with Crippen molar-refractivity contribution >= 4 is 29.3 Å². The van der Waals surface area contributed by atoms with Gasteiger partial charge >= 0.3 is 5.97 Å². The molecule has 0 amide bonds. The van der Waals surface area contributed by atoms with Crippen LogP contribution < -0.4 is 0 Å². The molecule has 0 aromatic heterocycles. The molecule has 0 bridgehead atoms. The fraction of sp³-hybridized carbons (Fsp3) is 0.0625. The van der Waals surface area contributed by atoms with Crippen LogP contribution in [0.3, 0.4) is 0 Å². The zero-order chi connectivity index (χ0) is 15.1. The molecule has 0 N–H and O–H groups in total. The molecule has 2 aromatic rings. The lowest BCUT2D eigenvalue weighted by Gasteiger charge is -2.02. The van der Waals surface area contributed by atoms with Gasteiger partial charge in [0.15, 0.2) is 0 Å². The molecular weight excluding hydrogens is 290 g/mol. The summed E-state index contributed by atoms with van der Waals surface area (Å²) in [6, 6.07) is 14.0. The molecule has 0 saturated heterocycles. The Kier molecular flexibility index (Phi) is 5.23. The van der Waals surface area contributed by atoms with Crippen LogP contribution in [0, 0.1) is 4.91 Å². The molecule has 0 spiro atoms. The Balaban J connectivity index is 1.94. The van der Waals surface area contributed by atoms with E-state index < -0.39 is 5.97 Å². The number of nitrogens with zero attached hydrogens (tertiary/aromatic N) is 1. The molecule has 0 saturated carbocycles. The number of hydrogen-bond acceptors (Lipinski definition) is 4. The Morgan fingerprint density at radius 1 is 1.19 bits per heavy atom. The number of esters is 1. The number of ether oxygens (including phenoxy) is 1. The van der Waals surface area contributed by atoms with Gasteiger partial charge in [0.1, 0.15) is 12.3 Å². The van der Waals surface area contributed by atoms with Crippen molar-refractivity contribution in [2.45, 2.75) is 6.61 Å². The van der Waals surface area contributed by atoms with Crippen LogP contribution in [0.25, 0.3) is 6.08 Å². The van der Waals surface area contributed by atoms with Crippen LogP contribution >= 0.6 is 11.6 Å². The summed E-state index contributed by atoms with van der Waals surface area (Å²) in [4.78, 5) is 22.0. The number of halogens is 1. The van der Waals surface area contributed by atoms with Crippen molar-refractivity contribution in [3.05, 3.63) is 75.7 Å². The predicted octanol–water partition coefficient (Wildman–Crippen LogP) is 4.49. The molecule has 0 heterocycles. The quantitative estimate of drug-likeness (QED) is 0.464. The summed E-state index contributed by atoms with van der Waals surface area (Å²) < 4.78 is 5.10. The number of benzene rings is 2. The van der Waals surface area contributed by atoms with E-state index in [4.69, 9.17) is 16.3 Å². The largest absolute Gasteiger partial charge is 0.458 e. The van der Waals surface area contributed by atoms with Gasteiger partial charge in [-0.1, -0.05) is 48.0 Å². The Morgan fingerprint density at radius 2 is 1.95 bits per heavy atom. The molecule has 0 fully saturated rings. The van der Waals surface area contributed by atoms with Crippen LogP contribution in [-0.4, -0.2) is 5.97 Å². The van der Waals surface area contributed by atoms with Gasteiger partial charge in [0.05, 0.1) is 5.02 Å². The lowest BCUT2D eigenvalue weighted by atomic mass is 10.2. The van der Waals surface area contributed by atoms with Gasteiger partial charge in [0.25, 0.3) is 0 Å². The molecule has 4 nitrogen and oxygen atoms in total. The van der Waals surface area contributed by atoms with E-state index in [1.807, 2.05) is 30.3 Å². The van der Waals surface area contributed by atoms with E-state index in [2.05, 4.69) is 5.18 Å². The Bertz CT molecular complexity index is 668. The van der Waals surface area contributed by atoms with Gasteiger partial charge in [-0.25, -0.2) is 4.79 Å². The molecule has 106 valence electrons. The maximum absolute atomic E-state index is 11.6. The lowest BCUT2D eigenvalue weighted by Crippen LogP contribution is -2.00. The van der Waals surface area contributed by atoms with Crippen molar-refractivity contribution in [1.82, 2.24) is 0 Å². The minimum Gasteiger partial charge on any atom is -0.458 e. The number of carbonyl (C=O) groups excluding carboxylic acids is 1. The zero-order valence-corrected chi connectivity index (χ0v) is 11.8. The first-order valence-corrected chi connectivity index (χ1v) is 6.58. The van der Waals surface area contributed by atoms with E-state index >= 15 is 0 Å². The Labute approximate surface area is 127 Å². The molecule has 2 rings (SSSR count). The van der Waals surface area contributed by atoms with Crippen molar-refractivity contribution in [3.8, 4) is 0 Å². The van der Waals surface area contributed by atoms with E-state index in [0.29, 0.717) is 10.6 Å². The summed E-state index contributed by atoms with van der Waals surface area (Å²) in [6.07, 6.45) is 2.82. The molecule has 2 aromatic carbocycles. The van der Waals surface area contributed by atoms with E-state index in [9.17, 15) is 9.70 Å². The molecule has 5 heteroatoms. The summed E-state index contributed by atoms with van der Waals surface area (Å²) in [5, 5.41) is 3.13. The first kappa shape index (κ1) is 14.9. The van der Waals surface area contributed by atoms with Gasteiger partial charge < -0.3 is 4.74 Å². The summed E-state index contributed by atoms with van der Waals surface area (Å²) >= 11 is 5.96. The average Bonchev–Trinajstić information content (AvgIpc) is 2.52. The minimum atomic E-state index is -0.465. The topological polar surface area (TPSA) is 55.7 Å². The van der Waals surface area contributed by atoms with Crippen LogP contribution in [0.1, 0.15) is 11.1 Å². The second kappa shape index (κ2) is 7.36. The number of rotatable bonds is 5. The predicted molar refractivity (Wildman–Crippen MR) is 82.2 cm³/mol. The minimum absolute atomic E-state index is 0.214. The van der Waals surface area contributed by atoms with Crippen molar-refractivity contribution in [2.24, 2.45) is 5.18 Å². The number of carbonyl (C=O) groups is 1. The summed E-state index contributed by atoms with van der Waals surface area (Å²) in [6.45, 7) is 0.214. The third-order valence-electron chi connectivity index (χ3n) is 2.71. The third kappa shape index (κ3) is 4.54. The summed E-state index contributed by atoms with van der Waals surface area (Å²) in [5.74, 6) is -0.465. The molecule has 0 aliphatic rings. The van der Waals surface area contributed by atoms with E-state index in [1.54, 1.807) is 6.07 Å². The molecule has 0 radical (unpaired) electrons. The van der Waals surface area contributed by atoms with Gasteiger partial charge in [0.2, 0.25) is 0 Å². The zero-order valence-electron chi connectivity index (χ0n) is 11.0. The molecular formula is C16H12ClNO3. The van der Waals surface area contributed by atoms with Crippen LogP contribution in [0.15, 0.2) is 59.8 Å². The molecule has 0 unspecified atom stereocenters. The molecule has 0 atom stereocenters. The SMILES string of the molecule is O=Nc1ccc(/C=C/C(=O)OCc2ccccc2)c(Cl)c1. The highest BCUT2D eigenvalue weighted by Crippen LogP contribution is 2.23. The summed E-state index contributed by atoms with van der Waals surface area (Å²) in [7, 11) is 0. The Hall–Kier alpha value is -2.46. The van der Waals surface area contributed by atoms with E-state index in [0.717, 1.165) is 5.56 Å². The van der Waals surface area contributed by atoms with Gasteiger partial charge in [-0.15, -0.1) is 4.91 Å². The van der Waals surface area contributed by atoms with Gasteiger partial charge in [0, 0.05) is 6.08 Å². The smallest absolute Gasteiger partial charge is 0.331 e. The van der Waals surface area contributed by atoms with Gasteiger partial charge in [-0.05, 0) is 34.5 Å². The second-order valence-corrected chi connectivity index (χ2v) is 4.63. The van der Waals surface area contributed by atoms with Crippen molar-refractivity contribution < 1.29 is 9.53 Å². The number of hydrogen-bond donors (Lipinski definition) is 0. The fourth-order valence-corrected chi connectivity index (χ4v) is 1.88. The van der Waals surface area contributed by atoms with Crippen LogP contribution in [-0.2, 0) is 16.1 Å². The third-order valence-corrected chi connectivity index (χ3v) is 3.04. The monoisotopic (exact) mass is 301 g/mol. The fourth-order valence-electron chi connectivity index (χ4n) is 1.64.